The molecule has 1 aromatic carbocycles. The van der Waals surface area contributed by atoms with Gasteiger partial charge in [-0.2, -0.15) is 0 Å². The number of rotatable bonds is 7. The van der Waals surface area contributed by atoms with Gasteiger partial charge in [0.15, 0.2) is 0 Å². The van der Waals surface area contributed by atoms with Gasteiger partial charge in [-0.25, -0.2) is 4.39 Å². The third-order valence-corrected chi connectivity index (χ3v) is 5.84. The van der Waals surface area contributed by atoms with Crippen LogP contribution in [-0.2, 0) is 11.5 Å². The number of nitrogens with zero attached hydrogens (tertiary/aromatic N) is 1. The molecule has 1 aromatic heterocycles. The van der Waals surface area contributed by atoms with Gasteiger partial charge >= 0.3 is 0 Å². The van der Waals surface area contributed by atoms with Gasteiger partial charge in [0.05, 0.1) is 11.3 Å². The van der Waals surface area contributed by atoms with E-state index in [2.05, 4.69) is 42.2 Å². The van der Waals surface area contributed by atoms with E-state index < -0.39 is 13.9 Å². The highest BCUT2D eigenvalue weighted by atomic mass is 127. The van der Waals surface area contributed by atoms with Crippen molar-refractivity contribution in [1.82, 2.24) is 4.57 Å². The fraction of sp³-hybridized carbons (Fsp3) is 0.353. The molecule has 124 valence electrons. The first-order valence-corrected chi connectivity index (χ1v) is 12.3. The van der Waals surface area contributed by atoms with Crippen LogP contribution in [0.5, 0.6) is 0 Å². The second kappa shape index (κ2) is 7.72. The zero-order valence-electron chi connectivity index (χ0n) is 13.6. The second-order valence-electron chi connectivity index (χ2n) is 6.66. The monoisotopic (exact) mass is 445 g/mol. The molecule has 0 fully saturated rings. The van der Waals surface area contributed by atoms with Crippen LogP contribution in [0.15, 0.2) is 36.5 Å². The molecule has 0 aliphatic heterocycles. The van der Waals surface area contributed by atoms with Crippen molar-refractivity contribution in [2.24, 2.45) is 0 Å². The van der Waals surface area contributed by atoms with Crippen LogP contribution in [0.2, 0.25) is 25.7 Å². The summed E-state index contributed by atoms with van der Waals surface area (Å²) in [4.78, 5) is 12.6. The van der Waals surface area contributed by atoms with Gasteiger partial charge in [0.1, 0.15) is 12.5 Å². The number of carbonyl (C=O) groups is 1. The van der Waals surface area contributed by atoms with Crippen LogP contribution in [0.1, 0.15) is 16.1 Å². The predicted molar refractivity (Wildman–Crippen MR) is 101 cm³/mol. The maximum atomic E-state index is 13.9. The van der Waals surface area contributed by atoms with E-state index in [0.717, 1.165) is 9.61 Å². The zero-order valence-corrected chi connectivity index (χ0v) is 16.8. The van der Waals surface area contributed by atoms with Crippen molar-refractivity contribution in [3.05, 3.63) is 57.2 Å². The Kier molecular flexibility index (Phi) is 6.16. The molecule has 0 amide bonds. The number of carbonyl (C=O) groups excluding carboxylic acids is 1. The largest absolute Gasteiger partial charge is 0.361 e. The molecule has 0 saturated heterocycles. The van der Waals surface area contributed by atoms with E-state index in [1.807, 2.05) is 0 Å². The fourth-order valence-corrected chi connectivity index (χ4v) is 3.33. The first-order valence-electron chi connectivity index (χ1n) is 7.50. The van der Waals surface area contributed by atoms with Crippen molar-refractivity contribution in [2.45, 2.75) is 32.4 Å². The van der Waals surface area contributed by atoms with Gasteiger partial charge in [0, 0.05) is 24.4 Å². The van der Waals surface area contributed by atoms with E-state index in [9.17, 15) is 9.18 Å². The van der Waals surface area contributed by atoms with Crippen LogP contribution in [0.25, 0.3) is 0 Å². The van der Waals surface area contributed by atoms with Crippen molar-refractivity contribution < 1.29 is 13.9 Å². The average molecular weight is 445 g/mol. The van der Waals surface area contributed by atoms with Crippen molar-refractivity contribution in [1.29, 1.82) is 0 Å². The molecule has 0 bridgehead atoms. The minimum atomic E-state index is -1.13. The number of aromatic nitrogens is 1. The van der Waals surface area contributed by atoms with E-state index in [-0.39, 0.29) is 11.3 Å². The van der Waals surface area contributed by atoms with E-state index in [0.29, 0.717) is 19.0 Å². The Hall–Kier alpha value is -0.993. The number of hydrogen-bond donors (Lipinski definition) is 0. The van der Waals surface area contributed by atoms with Gasteiger partial charge in [0.25, 0.3) is 0 Å². The quantitative estimate of drug-likeness (QED) is 0.266. The molecule has 0 unspecified atom stereocenters. The van der Waals surface area contributed by atoms with Gasteiger partial charge < -0.3 is 9.30 Å². The van der Waals surface area contributed by atoms with Gasteiger partial charge in [-0.3, -0.25) is 4.79 Å². The fourth-order valence-electron chi connectivity index (χ4n) is 2.08. The van der Waals surface area contributed by atoms with Gasteiger partial charge in [-0.15, -0.1) is 0 Å². The van der Waals surface area contributed by atoms with Gasteiger partial charge in [0.2, 0.25) is 5.78 Å². The Morgan fingerprint density at radius 3 is 2.74 bits per heavy atom. The summed E-state index contributed by atoms with van der Waals surface area (Å²) in [6.45, 7) is 7.87. The molecule has 2 aromatic rings. The van der Waals surface area contributed by atoms with Crippen LogP contribution in [0.4, 0.5) is 4.39 Å². The lowest BCUT2D eigenvalue weighted by Crippen LogP contribution is -2.22. The molecule has 23 heavy (non-hydrogen) atoms. The molecule has 0 aliphatic carbocycles. The summed E-state index contributed by atoms with van der Waals surface area (Å²) in [6, 6.07) is 9.09. The number of ketones is 1. The molecule has 1 heterocycles. The van der Waals surface area contributed by atoms with Crippen molar-refractivity contribution in [3.63, 3.8) is 0 Å². The zero-order chi connectivity index (χ0) is 17.0. The Bertz CT molecular complexity index is 694. The lowest BCUT2D eigenvalue weighted by atomic mass is 10.1. The summed E-state index contributed by atoms with van der Waals surface area (Å²) in [6.07, 6.45) is 1.79. The van der Waals surface area contributed by atoms with Crippen molar-refractivity contribution >= 4 is 36.4 Å². The summed E-state index contributed by atoms with van der Waals surface area (Å²) >= 11 is 2.07. The highest BCUT2D eigenvalue weighted by molar-refractivity contribution is 14.1. The molecule has 0 N–H and O–H groups in total. The molecule has 0 aliphatic rings. The third kappa shape index (κ3) is 5.25. The Balaban J connectivity index is 2.08. The Morgan fingerprint density at radius 2 is 2.04 bits per heavy atom. The number of benzene rings is 1. The summed E-state index contributed by atoms with van der Waals surface area (Å²) in [5, 5.41) is 0. The minimum absolute atomic E-state index is 0.0962. The topological polar surface area (TPSA) is 31.2 Å². The molecule has 0 saturated carbocycles. The highest BCUT2D eigenvalue weighted by Crippen LogP contribution is 2.18. The standard InChI is InChI=1S/C17H21FINO2Si/c1-23(2,3)10-9-22-12-20-8-4-5-16(20)17(21)14-11-13(19)6-7-15(14)18/h4-8,11H,9-10,12H2,1-3H3. The first kappa shape index (κ1) is 18.3. The van der Waals surface area contributed by atoms with Gasteiger partial charge in [-0.1, -0.05) is 19.6 Å². The maximum Gasteiger partial charge on any atom is 0.212 e. The predicted octanol–water partition coefficient (Wildman–Crippen LogP) is 4.78. The summed E-state index contributed by atoms with van der Waals surface area (Å²) in [7, 11) is -1.13. The van der Waals surface area contributed by atoms with Crippen LogP contribution >= 0.6 is 22.6 Å². The first-order chi connectivity index (χ1) is 10.8. The summed E-state index contributed by atoms with van der Waals surface area (Å²) < 4.78 is 22.2. The summed E-state index contributed by atoms with van der Waals surface area (Å²) in [5.74, 6) is -0.817. The molecule has 0 spiro atoms. The Morgan fingerprint density at radius 1 is 1.30 bits per heavy atom. The normalized spacial score (nSPS) is 11.7. The lowest BCUT2D eigenvalue weighted by Gasteiger charge is -2.16. The Labute approximate surface area is 151 Å². The molecule has 0 atom stereocenters. The molecular weight excluding hydrogens is 424 g/mol. The van der Waals surface area contributed by atoms with E-state index in [1.165, 1.54) is 6.07 Å². The van der Waals surface area contributed by atoms with Crippen molar-refractivity contribution in [3.8, 4) is 0 Å². The van der Waals surface area contributed by atoms with Crippen LogP contribution < -0.4 is 0 Å². The van der Waals surface area contributed by atoms with Gasteiger partial charge in [-0.05, 0) is 59.0 Å². The molecular formula is C17H21FINO2Si. The number of halogens is 2. The molecule has 3 nitrogen and oxygen atoms in total. The van der Waals surface area contributed by atoms with Crippen LogP contribution in [0, 0.1) is 9.39 Å². The van der Waals surface area contributed by atoms with E-state index in [1.54, 1.807) is 35.0 Å². The lowest BCUT2D eigenvalue weighted by molar-refractivity contribution is 0.0818. The molecule has 6 heteroatoms. The van der Waals surface area contributed by atoms with E-state index in [4.69, 9.17) is 4.74 Å². The SMILES string of the molecule is C[Si](C)(C)CCOCn1cccc1C(=O)c1cc(I)ccc1F. The average Bonchev–Trinajstić information content (AvgIpc) is 2.93. The highest BCUT2D eigenvalue weighted by Gasteiger charge is 2.18. The minimum Gasteiger partial charge on any atom is -0.361 e. The van der Waals surface area contributed by atoms with E-state index >= 15 is 0 Å². The van der Waals surface area contributed by atoms with Crippen molar-refractivity contribution in [2.75, 3.05) is 6.61 Å². The maximum absolute atomic E-state index is 13.9. The number of ether oxygens (including phenoxy) is 1. The van der Waals surface area contributed by atoms with Crippen LogP contribution in [-0.4, -0.2) is 25.0 Å². The van der Waals surface area contributed by atoms with Crippen LogP contribution in [0.3, 0.4) is 0 Å². The second-order valence-corrected chi connectivity index (χ2v) is 13.5. The third-order valence-electron chi connectivity index (χ3n) is 3.46. The molecule has 2 rings (SSSR count). The molecule has 0 radical (unpaired) electrons. The smallest absolute Gasteiger partial charge is 0.212 e. The number of hydrogen-bond acceptors (Lipinski definition) is 2. The summed E-state index contributed by atoms with van der Waals surface area (Å²) in [5.41, 5.74) is 0.540.